The van der Waals surface area contributed by atoms with Crippen molar-refractivity contribution in [3.05, 3.63) is 111 Å². The molecule has 2 nitrogen and oxygen atoms in total. The molecule has 0 aliphatic carbocycles. The largest absolute Gasteiger partial charge is 0.466 e. The Kier molecular flexibility index (Phi) is 26.3. The van der Waals surface area contributed by atoms with Crippen molar-refractivity contribution in [2.75, 3.05) is 29.0 Å². The van der Waals surface area contributed by atoms with Crippen molar-refractivity contribution < 1.29 is 9.53 Å². The quantitative estimate of drug-likeness (QED) is 0.0521. The lowest BCUT2D eigenvalue weighted by molar-refractivity contribution is -0.142. The van der Waals surface area contributed by atoms with E-state index in [2.05, 4.69) is 70.7 Å². The van der Waals surface area contributed by atoms with Crippen molar-refractivity contribution >= 4 is 253 Å². The molecule has 8 rings (SSSR count). The van der Waals surface area contributed by atoms with Crippen molar-refractivity contribution in [3.8, 4) is 0 Å². The monoisotopic (exact) mass is 1310 g/mol. The van der Waals surface area contributed by atoms with Gasteiger partial charge in [0.05, 0.1) is 85.1 Å². The summed E-state index contributed by atoms with van der Waals surface area (Å²) in [5, 5.41) is 1.03. The molecule has 0 saturated heterocycles. The second-order valence-electron chi connectivity index (χ2n) is 14.8. The molecule has 0 N–H and O–H groups in total. The smallest absolute Gasteiger partial charge is 0.306 e. The van der Waals surface area contributed by atoms with Crippen molar-refractivity contribution in [1.82, 2.24) is 0 Å². The molecule has 0 atom stereocenters. The Morgan fingerprint density at radius 3 is 1.35 bits per heavy atom. The van der Waals surface area contributed by atoms with Crippen LogP contribution in [0.3, 0.4) is 0 Å². The summed E-state index contributed by atoms with van der Waals surface area (Å²) in [5.41, 5.74) is 0. The summed E-state index contributed by atoms with van der Waals surface area (Å²) in [5.74, 6) is 3.02. The van der Waals surface area contributed by atoms with Gasteiger partial charge in [0.15, 0.2) is 0 Å². The van der Waals surface area contributed by atoms with E-state index in [0.717, 1.165) is 23.0 Å². The lowest BCUT2D eigenvalue weighted by Gasteiger charge is -2.06. The first kappa shape index (κ1) is 58.8. The van der Waals surface area contributed by atoms with Gasteiger partial charge in [-0.05, 0) is 85.7 Å². The molecular formula is C46H52O2S21. The number of hydrogen-bond acceptors (Lipinski definition) is 23. The predicted molar refractivity (Wildman–Crippen MR) is 359 cm³/mol. The highest BCUT2D eigenvalue weighted by Crippen LogP contribution is 2.72. The summed E-state index contributed by atoms with van der Waals surface area (Å²) in [6, 6.07) is 0. The number of unbranched alkanes of at least 4 members (excludes halogenated alkanes) is 6. The highest BCUT2D eigenvalue weighted by Gasteiger charge is 2.36. The third-order valence-electron chi connectivity index (χ3n) is 9.58. The number of rotatable bonds is 24. The topological polar surface area (TPSA) is 26.3 Å². The fraction of sp³-hybridized carbons (Fsp3) is 0.457. The van der Waals surface area contributed by atoms with E-state index in [0.29, 0.717) is 13.0 Å². The van der Waals surface area contributed by atoms with Gasteiger partial charge in [0, 0.05) is 15.7 Å². The van der Waals surface area contributed by atoms with Crippen LogP contribution in [0.15, 0.2) is 111 Å². The molecule has 0 spiro atoms. The average Bonchev–Trinajstić information content (AvgIpc) is 4.21. The van der Waals surface area contributed by atoms with Gasteiger partial charge >= 0.3 is 5.97 Å². The molecule has 0 bridgehead atoms. The molecule has 0 unspecified atom stereocenters. The van der Waals surface area contributed by atoms with E-state index in [1.165, 1.54) is 144 Å². The maximum absolute atomic E-state index is 12.1. The van der Waals surface area contributed by atoms with Gasteiger partial charge in [0.2, 0.25) is 0 Å². The Hall–Kier alpha value is 3.70. The van der Waals surface area contributed by atoms with Gasteiger partial charge in [-0.1, -0.05) is 247 Å². The standard InChI is InChI=1S/C46H52O2S21/c1-7-11-13-15-22-49-35-38(53-25-52-34-27(6)54-30(57-34)17-18-32-60-40-41(61-32)67-44(66-40)39-55-26(5)28(9-3)56-39)59-31(58-35)19-20-33-62-42-43(63-33)69-46(68-42)45-64-36(50-23-16-14-12-8-2)37(65-45)51-24-21-29(47)48-10-4/h17-20H,7-16,21-25H2,1-6H3. The Morgan fingerprint density at radius 2 is 0.841 bits per heavy atom. The molecule has 0 aromatic rings. The first-order valence-electron chi connectivity index (χ1n) is 22.5. The molecule has 0 aromatic carbocycles. The molecule has 8 aliphatic heterocycles. The molecule has 0 radical (unpaired) electrons. The minimum absolute atomic E-state index is 0.0976. The molecule has 0 amide bonds. The first-order valence-corrected chi connectivity index (χ1v) is 40.5. The van der Waals surface area contributed by atoms with Gasteiger partial charge in [-0.2, -0.15) is 0 Å². The summed E-state index contributed by atoms with van der Waals surface area (Å²) >= 11 is 41.3. The van der Waals surface area contributed by atoms with Crippen LogP contribution in [0.5, 0.6) is 0 Å². The average molecular weight is 1310 g/mol. The van der Waals surface area contributed by atoms with Crippen LogP contribution < -0.4 is 0 Å². The maximum Gasteiger partial charge on any atom is 0.306 e. The molecule has 374 valence electrons. The molecule has 0 saturated carbocycles. The zero-order valence-corrected chi connectivity index (χ0v) is 56.0. The highest BCUT2D eigenvalue weighted by molar-refractivity contribution is 8.50. The van der Waals surface area contributed by atoms with Gasteiger partial charge in [-0.3, -0.25) is 4.79 Å². The van der Waals surface area contributed by atoms with E-state index in [9.17, 15) is 4.79 Å². The van der Waals surface area contributed by atoms with E-state index in [1.54, 1.807) is 0 Å². The zero-order chi connectivity index (χ0) is 48.1. The van der Waals surface area contributed by atoms with Gasteiger partial charge < -0.3 is 4.74 Å². The van der Waals surface area contributed by atoms with Crippen LogP contribution in [0.1, 0.15) is 106 Å². The number of allylic oxidation sites excluding steroid dienone is 7. The van der Waals surface area contributed by atoms with Crippen molar-refractivity contribution in [2.45, 2.75) is 106 Å². The fourth-order valence-corrected chi connectivity index (χ4v) is 37.9. The van der Waals surface area contributed by atoms with Gasteiger partial charge in [0.25, 0.3) is 0 Å². The first-order chi connectivity index (χ1) is 33.7. The van der Waals surface area contributed by atoms with Gasteiger partial charge in [0.1, 0.15) is 0 Å². The highest BCUT2D eigenvalue weighted by atomic mass is 32.3. The fourth-order valence-electron chi connectivity index (χ4n) is 6.21. The van der Waals surface area contributed by atoms with E-state index in [1.807, 2.05) is 242 Å². The Labute approximate surface area is 501 Å². The van der Waals surface area contributed by atoms with Crippen LogP contribution in [0, 0.1) is 0 Å². The third kappa shape index (κ3) is 17.6. The second-order valence-corrected chi connectivity index (χ2v) is 42.0. The van der Waals surface area contributed by atoms with E-state index < -0.39 is 0 Å². The molecule has 0 aromatic heterocycles. The molecule has 69 heavy (non-hydrogen) atoms. The SMILES string of the molecule is CCCCCCSC1=C(SCSC2=C(C)SC(=CC=C3SC4=C(S3)SC(=C3SC(C)=C(CC)S3)S4)S2)SC(=CC=C2SC3=C(S2)SC(=C2SC(SCCCCCC)=C(SCCC(=O)OCC)S2)S3)S1. The predicted octanol–water partition coefficient (Wildman–Crippen LogP) is 24.5. The van der Waals surface area contributed by atoms with Crippen LogP contribution in [0.25, 0.3) is 0 Å². The summed E-state index contributed by atoms with van der Waals surface area (Å²) in [4.78, 5) is 16.5. The Morgan fingerprint density at radius 1 is 0.420 bits per heavy atom. The molecular weight excluding hydrogens is 1260 g/mol. The van der Waals surface area contributed by atoms with Gasteiger partial charge in [-0.25, -0.2) is 0 Å². The van der Waals surface area contributed by atoms with Crippen LogP contribution in [0.4, 0.5) is 0 Å². The van der Waals surface area contributed by atoms with Crippen LogP contribution in [-0.4, -0.2) is 34.9 Å². The van der Waals surface area contributed by atoms with E-state index in [-0.39, 0.29) is 5.97 Å². The number of carbonyl (C=O) groups excluding carboxylic acids is 1. The number of carbonyl (C=O) groups is 1. The van der Waals surface area contributed by atoms with Gasteiger partial charge in [-0.15, -0.1) is 58.8 Å². The Balaban J connectivity index is 0.804. The minimum Gasteiger partial charge on any atom is -0.466 e. The molecule has 0 fully saturated rings. The third-order valence-corrected chi connectivity index (χ3v) is 39.7. The van der Waals surface area contributed by atoms with Crippen molar-refractivity contribution in [1.29, 1.82) is 0 Å². The number of esters is 1. The lowest BCUT2D eigenvalue weighted by Crippen LogP contribution is -2.04. The normalized spacial score (nSPS) is 21.9. The second kappa shape index (κ2) is 30.9. The zero-order valence-electron chi connectivity index (χ0n) is 38.8. The van der Waals surface area contributed by atoms with E-state index >= 15 is 0 Å². The molecule has 23 heteroatoms. The van der Waals surface area contributed by atoms with Crippen molar-refractivity contribution in [3.63, 3.8) is 0 Å². The minimum atomic E-state index is -0.0976. The number of hydrogen-bond donors (Lipinski definition) is 0. The lowest BCUT2D eigenvalue weighted by atomic mass is 10.2. The number of thioether (sulfide) groups is 21. The van der Waals surface area contributed by atoms with Crippen LogP contribution >= 0.6 is 247 Å². The van der Waals surface area contributed by atoms with E-state index in [4.69, 9.17) is 4.74 Å². The molecule has 8 aliphatic rings. The van der Waals surface area contributed by atoms with Crippen LogP contribution in [-0.2, 0) is 9.53 Å². The Bertz CT molecular complexity index is 2330. The molecule has 8 heterocycles. The summed E-state index contributed by atoms with van der Waals surface area (Å²) in [6.45, 7) is 13.7. The van der Waals surface area contributed by atoms with Crippen molar-refractivity contribution in [2.24, 2.45) is 0 Å². The summed E-state index contributed by atoms with van der Waals surface area (Å²) in [6.07, 6.45) is 21.4. The van der Waals surface area contributed by atoms with Crippen LogP contribution in [0.2, 0.25) is 0 Å². The maximum atomic E-state index is 12.1. The number of ether oxygens (including phenoxy) is 1. The summed E-state index contributed by atoms with van der Waals surface area (Å²) < 4.78 is 29.5. The summed E-state index contributed by atoms with van der Waals surface area (Å²) in [7, 11) is 0.